The van der Waals surface area contributed by atoms with Gasteiger partial charge in [-0.3, -0.25) is 0 Å². The topological polar surface area (TPSA) is 9.23 Å². The van der Waals surface area contributed by atoms with E-state index in [9.17, 15) is 0 Å². The Labute approximate surface area is 67.3 Å². The Morgan fingerprint density at radius 1 is 1.22 bits per heavy atom. The van der Waals surface area contributed by atoms with Crippen molar-refractivity contribution in [3.05, 3.63) is 0 Å². The Kier molecular flexibility index (Phi) is 15.4. The van der Waals surface area contributed by atoms with Crippen molar-refractivity contribution in [1.29, 1.82) is 0 Å². The normalized spacial score (nSPS) is 8.67. The van der Waals surface area contributed by atoms with Crippen molar-refractivity contribution in [3.8, 4) is 0 Å². The van der Waals surface area contributed by atoms with Crippen LogP contribution in [0.1, 0.15) is 20.8 Å². The Morgan fingerprint density at radius 2 is 1.44 bits per heavy atom. The molecular weight excluding hydrogens is 159 g/mol. The molecule has 0 aliphatic rings. The van der Waals surface area contributed by atoms with Gasteiger partial charge in [-0.1, -0.05) is 0 Å². The van der Waals surface area contributed by atoms with Gasteiger partial charge in [0.25, 0.3) is 0 Å². The van der Waals surface area contributed by atoms with Gasteiger partial charge >= 0.3 is 0 Å². The predicted octanol–water partition coefficient (Wildman–Crippen LogP) is 2.85. The van der Waals surface area contributed by atoms with Gasteiger partial charge in [-0.2, -0.15) is 0 Å². The van der Waals surface area contributed by atoms with Crippen LogP contribution in [0.3, 0.4) is 0 Å². The van der Waals surface area contributed by atoms with Gasteiger partial charge in [0.1, 0.15) is 4.84 Å². The summed E-state index contributed by atoms with van der Waals surface area (Å²) in [7, 11) is 0. The molecule has 0 atom stereocenters. The average molecular weight is 173 g/mol. The molecule has 0 amide bonds. The molecule has 0 N–H and O–H groups in total. The summed E-state index contributed by atoms with van der Waals surface area (Å²) in [5.74, 6) is 0. The smallest absolute Gasteiger partial charge is 0.105 e. The zero-order valence-electron chi connectivity index (χ0n) is 6.16. The summed E-state index contributed by atoms with van der Waals surface area (Å²) in [5.41, 5.74) is 0. The standard InChI is InChI=1S/C4H10O.C2H4Cl2/c1-3-5-4-2;1-2(3)4/h3-4H2,1-2H3;2H,1H3. The lowest BCUT2D eigenvalue weighted by Crippen LogP contribution is -1.84. The van der Waals surface area contributed by atoms with E-state index in [0.717, 1.165) is 13.2 Å². The van der Waals surface area contributed by atoms with Crippen LogP contribution in [-0.2, 0) is 4.74 Å². The van der Waals surface area contributed by atoms with Crippen molar-refractivity contribution in [2.75, 3.05) is 13.2 Å². The van der Waals surface area contributed by atoms with Crippen molar-refractivity contribution in [3.63, 3.8) is 0 Å². The molecule has 0 saturated carbocycles. The van der Waals surface area contributed by atoms with E-state index in [1.165, 1.54) is 0 Å². The first-order valence-electron chi connectivity index (χ1n) is 3.01. The molecule has 0 radical (unpaired) electrons. The molecule has 0 unspecified atom stereocenters. The van der Waals surface area contributed by atoms with Gasteiger partial charge in [-0.15, -0.1) is 23.2 Å². The maximum atomic E-state index is 5.04. The molecule has 0 bridgehead atoms. The van der Waals surface area contributed by atoms with Crippen molar-refractivity contribution >= 4 is 23.2 Å². The SMILES string of the molecule is CC(Cl)Cl.CCOCC. The van der Waals surface area contributed by atoms with Crippen molar-refractivity contribution in [1.82, 2.24) is 0 Å². The van der Waals surface area contributed by atoms with Gasteiger partial charge in [-0.05, 0) is 20.8 Å². The summed E-state index contributed by atoms with van der Waals surface area (Å²) in [6, 6.07) is 0. The van der Waals surface area contributed by atoms with Crippen molar-refractivity contribution in [2.24, 2.45) is 0 Å². The largest absolute Gasteiger partial charge is 0.382 e. The van der Waals surface area contributed by atoms with E-state index >= 15 is 0 Å². The Morgan fingerprint density at radius 3 is 1.44 bits per heavy atom. The third-order valence-corrected chi connectivity index (χ3v) is 0.408. The van der Waals surface area contributed by atoms with Gasteiger partial charge in [0.15, 0.2) is 0 Å². The maximum absolute atomic E-state index is 5.04. The summed E-state index contributed by atoms with van der Waals surface area (Å²) in [5, 5.41) is 0. The molecule has 0 fully saturated rings. The molecule has 0 aliphatic heterocycles. The third-order valence-electron chi connectivity index (χ3n) is 0.408. The fourth-order valence-electron chi connectivity index (χ4n) is 0.204. The summed E-state index contributed by atoms with van der Waals surface area (Å²) >= 11 is 10.1. The zero-order valence-corrected chi connectivity index (χ0v) is 7.67. The molecule has 0 heterocycles. The lowest BCUT2D eigenvalue weighted by atomic mass is 10.8. The van der Waals surface area contributed by atoms with Crippen molar-refractivity contribution in [2.45, 2.75) is 25.6 Å². The van der Waals surface area contributed by atoms with E-state index in [1.807, 2.05) is 13.8 Å². The van der Waals surface area contributed by atoms with Gasteiger partial charge in [0.05, 0.1) is 0 Å². The van der Waals surface area contributed by atoms with E-state index < -0.39 is 0 Å². The minimum Gasteiger partial charge on any atom is -0.382 e. The number of alkyl halides is 2. The highest BCUT2D eigenvalue weighted by molar-refractivity contribution is 6.43. The quantitative estimate of drug-likeness (QED) is 0.583. The van der Waals surface area contributed by atoms with Crippen LogP contribution in [0.4, 0.5) is 0 Å². The predicted molar refractivity (Wildman–Crippen MR) is 43.3 cm³/mol. The van der Waals surface area contributed by atoms with Crippen LogP contribution < -0.4 is 0 Å². The van der Waals surface area contributed by atoms with Crippen LogP contribution in [0.5, 0.6) is 0 Å². The Bertz CT molecular complexity index is 35.3. The molecule has 0 spiro atoms. The second kappa shape index (κ2) is 11.4. The second-order valence-corrected chi connectivity index (χ2v) is 2.83. The lowest BCUT2D eigenvalue weighted by Gasteiger charge is -1.86. The van der Waals surface area contributed by atoms with E-state index in [0.29, 0.717) is 0 Å². The number of halogens is 2. The first kappa shape index (κ1) is 12.2. The van der Waals surface area contributed by atoms with Crippen LogP contribution in [0.2, 0.25) is 0 Å². The first-order valence-corrected chi connectivity index (χ1v) is 3.88. The molecule has 0 aromatic carbocycles. The van der Waals surface area contributed by atoms with Crippen LogP contribution in [-0.4, -0.2) is 18.1 Å². The Balaban J connectivity index is 0. The molecule has 0 saturated heterocycles. The highest BCUT2D eigenvalue weighted by Crippen LogP contribution is 1.95. The molecule has 0 aliphatic carbocycles. The lowest BCUT2D eigenvalue weighted by molar-refractivity contribution is 0.162. The summed E-state index contributed by atoms with van der Waals surface area (Å²) in [4.78, 5) is -0.222. The number of hydrogen-bond acceptors (Lipinski definition) is 1. The van der Waals surface area contributed by atoms with Gasteiger partial charge in [0.2, 0.25) is 0 Å². The minimum absolute atomic E-state index is 0.222. The van der Waals surface area contributed by atoms with Crippen LogP contribution in [0.15, 0.2) is 0 Å². The molecule has 0 rings (SSSR count). The van der Waals surface area contributed by atoms with E-state index in [4.69, 9.17) is 27.9 Å². The van der Waals surface area contributed by atoms with Gasteiger partial charge < -0.3 is 4.74 Å². The molecule has 0 aromatic heterocycles. The highest BCUT2D eigenvalue weighted by atomic mass is 35.5. The summed E-state index contributed by atoms with van der Waals surface area (Å²) in [6.45, 7) is 7.36. The Hall–Kier alpha value is 0.540. The average Bonchev–Trinajstić information content (AvgIpc) is 1.66. The molecule has 9 heavy (non-hydrogen) atoms. The van der Waals surface area contributed by atoms with E-state index in [1.54, 1.807) is 6.92 Å². The third kappa shape index (κ3) is 56.6. The van der Waals surface area contributed by atoms with Crippen molar-refractivity contribution < 1.29 is 4.74 Å². The first-order chi connectivity index (χ1) is 4.15. The monoisotopic (exact) mass is 172 g/mol. The van der Waals surface area contributed by atoms with Crippen LogP contribution in [0, 0.1) is 0 Å². The summed E-state index contributed by atoms with van der Waals surface area (Å²) in [6.07, 6.45) is 0. The molecular formula is C6H14Cl2O. The number of hydrogen-bond donors (Lipinski definition) is 0. The summed E-state index contributed by atoms with van der Waals surface area (Å²) < 4.78 is 4.83. The van der Waals surface area contributed by atoms with Gasteiger partial charge in [-0.25, -0.2) is 0 Å². The zero-order chi connectivity index (χ0) is 7.70. The molecule has 58 valence electrons. The van der Waals surface area contributed by atoms with E-state index in [2.05, 4.69) is 0 Å². The minimum atomic E-state index is -0.222. The van der Waals surface area contributed by atoms with Crippen LogP contribution >= 0.6 is 23.2 Å². The van der Waals surface area contributed by atoms with E-state index in [-0.39, 0.29) is 4.84 Å². The second-order valence-electron chi connectivity index (χ2n) is 1.30. The fourth-order valence-corrected chi connectivity index (χ4v) is 0.204. The highest BCUT2D eigenvalue weighted by Gasteiger charge is 1.75. The fraction of sp³-hybridized carbons (Fsp3) is 1.00. The van der Waals surface area contributed by atoms with Gasteiger partial charge in [0, 0.05) is 13.2 Å². The van der Waals surface area contributed by atoms with Crippen LogP contribution in [0.25, 0.3) is 0 Å². The molecule has 3 heteroatoms. The number of ether oxygens (including phenoxy) is 1. The molecule has 1 nitrogen and oxygen atoms in total. The molecule has 0 aromatic rings. The number of rotatable bonds is 2. The maximum Gasteiger partial charge on any atom is 0.105 e.